The Kier molecular flexibility index (Phi) is 3.15. The van der Waals surface area contributed by atoms with E-state index in [1.165, 1.54) is 11.1 Å². The van der Waals surface area contributed by atoms with Gasteiger partial charge in [-0.05, 0) is 24.5 Å². The lowest BCUT2D eigenvalue weighted by molar-refractivity contribution is -0.111. The van der Waals surface area contributed by atoms with Crippen LogP contribution in [-0.2, 0) is 11.2 Å². The third kappa shape index (κ3) is 2.57. The van der Waals surface area contributed by atoms with Crippen molar-refractivity contribution in [2.75, 3.05) is 6.54 Å². The smallest absolute Gasteiger partial charge is 0.266 e. The predicted octanol–water partition coefficient (Wildman–Crippen LogP) is 1.49. The number of carbonyl (C=O) groups excluding carboxylic acids is 1. The molecule has 16 heavy (non-hydrogen) atoms. The molecule has 0 saturated carbocycles. The fraction of sp³-hybridized carbons (Fsp3) is 0.231. The number of benzene rings is 1. The number of nitrogens with zero attached hydrogens (tertiary/aromatic N) is 1. The summed E-state index contributed by atoms with van der Waals surface area (Å²) < 4.78 is 0. The van der Waals surface area contributed by atoms with E-state index in [1.807, 2.05) is 24.3 Å². The van der Waals surface area contributed by atoms with Crippen LogP contribution in [0.25, 0.3) is 0 Å². The summed E-state index contributed by atoms with van der Waals surface area (Å²) in [7, 11) is 0. The molecule has 1 amide bonds. The van der Waals surface area contributed by atoms with Crippen LogP contribution < -0.4 is 5.73 Å². The quantitative estimate of drug-likeness (QED) is 0.814. The molecule has 82 valence electrons. The molecule has 0 fully saturated rings. The molecule has 1 aliphatic heterocycles. The van der Waals surface area contributed by atoms with Gasteiger partial charge in [-0.25, -0.2) is 0 Å². The summed E-state index contributed by atoms with van der Waals surface area (Å²) in [5, 5.41) is 0. The van der Waals surface area contributed by atoms with Gasteiger partial charge in [0.1, 0.15) is 5.71 Å². The first-order valence-electron chi connectivity index (χ1n) is 5.33. The Labute approximate surface area is 94.7 Å². The molecule has 0 atom stereocenters. The van der Waals surface area contributed by atoms with E-state index < -0.39 is 5.91 Å². The molecule has 1 aromatic carbocycles. The second-order valence-electron chi connectivity index (χ2n) is 3.85. The number of amides is 1. The number of hydrogen-bond acceptors (Lipinski definition) is 2. The van der Waals surface area contributed by atoms with E-state index in [2.05, 4.69) is 17.1 Å². The Balaban J connectivity index is 2.12. The van der Waals surface area contributed by atoms with Crippen molar-refractivity contribution in [2.45, 2.75) is 12.8 Å². The van der Waals surface area contributed by atoms with Crippen LogP contribution in [-0.4, -0.2) is 18.2 Å². The van der Waals surface area contributed by atoms with Crippen molar-refractivity contribution in [2.24, 2.45) is 10.7 Å². The normalized spacial score (nSPS) is 15.2. The van der Waals surface area contributed by atoms with E-state index in [4.69, 9.17) is 5.73 Å². The van der Waals surface area contributed by atoms with Gasteiger partial charge in [0.15, 0.2) is 0 Å². The van der Waals surface area contributed by atoms with Gasteiger partial charge in [-0.1, -0.05) is 35.9 Å². The zero-order chi connectivity index (χ0) is 11.4. The van der Waals surface area contributed by atoms with Gasteiger partial charge in [0.2, 0.25) is 0 Å². The first-order valence-corrected chi connectivity index (χ1v) is 5.33. The number of carbonyl (C=O) groups is 1. The molecule has 0 aromatic heterocycles. The van der Waals surface area contributed by atoms with Crippen LogP contribution >= 0.6 is 0 Å². The fourth-order valence-electron chi connectivity index (χ4n) is 1.78. The van der Waals surface area contributed by atoms with Crippen molar-refractivity contribution in [3.05, 3.63) is 47.5 Å². The maximum atomic E-state index is 11.0. The van der Waals surface area contributed by atoms with Crippen LogP contribution in [0.2, 0.25) is 0 Å². The van der Waals surface area contributed by atoms with Crippen molar-refractivity contribution < 1.29 is 4.79 Å². The average Bonchev–Trinajstić information content (AvgIpc) is 2.30. The topological polar surface area (TPSA) is 55.5 Å². The summed E-state index contributed by atoms with van der Waals surface area (Å²) in [6.07, 6.45) is 3.59. The third-order valence-electron chi connectivity index (χ3n) is 2.58. The number of aliphatic imine (C=N–C) groups is 1. The molecule has 1 heterocycles. The fourth-order valence-corrected chi connectivity index (χ4v) is 1.78. The second kappa shape index (κ2) is 4.75. The Hall–Kier alpha value is -1.90. The zero-order valence-electron chi connectivity index (χ0n) is 9.02. The molecule has 0 bridgehead atoms. The summed E-state index contributed by atoms with van der Waals surface area (Å²) >= 11 is 0. The highest BCUT2D eigenvalue weighted by Crippen LogP contribution is 2.14. The van der Waals surface area contributed by atoms with E-state index >= 15 is 0 Å². The average molecular weight is 214 g/mol. The van der Waals surface area contributed by atoms with Crippen LogP contribution in [0.15, 0.2) is 47.0 Å². The molecule has 0 radical (unpaired) electrons. The predicted molar refractivity (Wildman–Crippen MR) is 64.3 cm³/mol. The van der Waals surface area contributed by atoms with Crippen LogP contribution in [0.4, 0.5) is 0 Å². The molecule has 3 heteroatoms. The summed E-state index contributed by atoms with van der Waals surface area (Å²) in [6, 6.07) is 10.2. The standard InChI is InChI=1S/C13H14N2O/c14-13(16)12-9-11(6-7-15-12)8-10-4-2-1-3-5-10/h1-5,9H,6-8H2,(H2,14,16). The lowest BCUT2D eigenvalue weighted by Gasteiger charge is -2.11. The molecular weight excluding hydrogens is 200 g/mol. The summed E-state index contributed by atoms with van der Waals surface area (Å²) in [5.74, 6) is -0.440. The highest BCUT2D eigenvalue weighted by molar-refractivity contribution is 6.43. The van der Waals surface area contributed by atoms with Gasteiger partial charge in [-0.2, -0.15) is 0 Å². The Bertz CT molecular complexity index is 446. The minimum Gasteiger partial charge on any atom is -0.364 e. The van der Waals surface area contributed by atoms with Crippen molar-refractivity contribution in [3.8, 4) is 0 Å². The van der Waals surface area contributed by atoms with Gasteiger partial charge in [0.05, 0.1) is 0 Å². The Morgan fingerprint density at radius 1 is 1.31 bits per heavy atom. The van der Waals surface area contributed by atoms with Gasteiger partial charge in [-0.15, -0.1) is 0 Å². The Morgan fingerprint density at radius 2 is 2.06 bits per heavy atom. The van der Waals surface area contributed by atoms with Crippen molar-refractivity contribution >= 4 is 11.6 Å². The molecule has 2 rings (SSSR count). The number of nitrogens with two attached hydrogens (primary N) is 1. The summed E-state index contributed by atoms with van der Waals surface area (Å²) in [4.78, 5) is 15.1. The molecule has 1 aromatic rings. The number of rotatable bonds is 3. The summed E-state index contributed by atoms with van der Waals surface area (Å²) in [6.45, 7) is 0.664. The van der Waals surface area contributed by atoms with E-state index in [1.54, 1.807) is 0 Å². The zero-order valence-corrected chi connectivity index (χ0v) is 9.02. The van der Waals surface area contributed by atoms with Gasteiger partial charge in [0, 0.05) is 6.54 Å². The first-order chi connectivity index (χ1) is 7.75. The van der Waals surface area contributed by atoms with Gasteiger partial charge in [-0.3, -0.25) is 9.79 Å². The van der Waals surface area contributed by atoms with E-state index in [9.17, 15) is 4.79 Å². The molecule has 0 spiro atoms. The van der Waals surface area contributed by atoms with Gasteiger partial charge < -0.3 is 5.73 Å². The first kappa shape index (κ1) is 10.6. The molecule has 0 unspecified atom stereocenters. The van der Waals surface area contributed by atoms with Crippen LogP contribution in [0.1, 0.15) is 12.0 Å². The third-order valence-corrected chi connectivity index (χ3v) is 2.58. The number of primary amides is 1. The molecule has 3 nitrogen and oxygen atoms in total. The number of hydrogen-bond donors (Lipinski definition) is 1. The van der Waals surface area contributed by atoms with Gasteiger partial charge in [0.25, 0.3) is 5.91 Å². The van der Waals surface area contributed by atoms with Crippen LogP contribution in [0, 0.1) is 0 Å². The molecule has 1 aliphatic rings. The maximum Gasteiger partial charge on any atom is 0.266 e. The monoisotopic (exact) mass is 214 g/mol. The molecule has 2 N–H and O–H groups in total. The highest BCUT2D eigenvalue weighted by Gasteiger charge is 2.11. The van der Waals surface area contributed by atoms with Crippen LogP contribution in [0.3, 0.4) is 0 Å². The maximum absolute atomic E-state index is 11.0. The largest absolute Gasteiger partial charge is 0.364 e. The highest BCUT2D eigenvalue weighted by atomic mass is 16.1. The Morgan fingerprint density at radius 3 is 2.75 bits per heavy atom. The minimum atomic E-state index is -0.440. The lowest BCUT2D eigenvalue weighted by atomic mass is 9.99. The van der Waals surface area contributed by atoms with Crippen molar-refractivity contribution in [3.63, 3.8) is 0 Å². The van der Waals surface area contributed by atoms with E-state index in [-0.39, 0.29) is 0 Å². The van der Waals surface area contributed by atoms with E-state index in [0.29, 0.717) is 12.3 Å². The number of dihydropyridines is 1. The van der Waals surface area contributed by atoms with E-state index in [0.717, 1.165) is 12.8 Å². The second-order valence-corrected chi connectivity index (χ2v) is 3.85. The molecular formula is C13H14N2O. The molecule has 0 saturated heterocycles. The SMILES string of the molecule is NC(=O)C1=NCCC(Cc2ccccc2)=C1. The van der Waals surface area contributed by atoms with Crippen molar-refractivity contribution in [1.29, 1.82) is 0 Å². The van der Waals surface area contributed by atoms with Gasteiger partial charge >= 0.3 is 0 Å². The molecule has 0 aliphatic carbocycles. The van der Waals surface area contributed by atoms with Crippen LogP contribution in [0.5, 0.6) is 0 Å². The lowest BCUT2D eigenvalue weighted by Crippen LogP contribution is -2.24. The summed E-state index contributed by atoms with van der Waals surface area (Å²) in [5.41, 5.74) is 8.08. The minimum absolute atomic E-state index is 0.400. The van der Waals surface area contributed by atoms with Crippen molar-refractivity contribution in [1.82, 2.24) is 0 Å².